The largest absolute Gasteiger partial charge is 0.576 e. The molecule has 0 unspecified atom stereocenters. The zero-order valence-corrected chi connectivity index (χ0v) is 15.8. The van der Waals surface area contributed by atoms with Crippen molar-refractivity contribution >= 4 is 32.3 Å². The standard InChI is InChI=1S/C22H12O.Y/c1-2-5-16-11-20-13-22-17(12-19(20)10-15(16)4-1)6-3-7-21(22)18-8-9-23-14-18;/h1-6,8-13H;/q-2;. The molecule has 5 aromatic rings. The molecule has 0 saturated carbocycles. The van der Waals surface area contributed by atoms with E-state index in [1.807, 2.05) is 12.1 Å². The van der Waals surface area contributed by atoms with Gasteiger partial charge in [-0.3, -0.25) is 0 Å². The molecule has 0 aliphatic heterocycles. The third kappa shape index (κ3) is 2.49. The molecule has 4 aromatic carbocycles. The summed E-state index contributed by atoms with van der Waals surface area (Å²) < 4.78 is 5.12. The van der Waals surface area contributed by atoms with E-state index in [2.05, 4.69) is 66.9 Å². The van der Waals surface area contributed by atoms with E-state index in [-0.39, 0.29) is 32.7 Å². The number of furan rings is 1. The summed E-state index contributed by atoms with van der Waals surface area (Å²) in [5, 5.41) is 7.40. The van der Waals surface area contributed by atoms with Gasteiger partial charge in [-0.15, -0.1) is 16.8 Å². The van der Waals surface area contributed by atoms with Gasteiger partial charge in [0.15, 0.2) is 0 Å². The van der Waals surface area contributed by atoms with Crippen LogP contribution < -0.4 is 0 Å². The SMILES string of the molecule is [Y].[c-]1occc1-c1[c-]ccc2cc3cc4ccccc4cc3cc12. The molecule has 0 bridgehead atoms. The first-order chi connectivity index (χ1) is 11.4. The average molecular weight is 381 g/mol. The molecule has 0 spiro atoms. The van der Waals surface area contributed by atoms with Crippen LogP contribution >= 0.6 is 0 Å². The van der Waals surface area contributed by atoms with Crippen LogP contribution in [0, 0.1) is 12.3 Å². The van der Waals surface area contributed by atoms with Crippen LogP contribution in [0.25, 0.3) is 43.4 Å². The van der Waals surface area contributed by atoms with Crippen molar-refractivity contribution in [3.8, 4) is 11.1 Å². The van der Waals surface area contributed by atoms with Crippen LogP contribution in [0.15, 0.2) is 77.4 Å². The summed E-state index contributed by atoms with van der Waals surface area (Å²) in [6.45, 7) is 0. The topological polar surface area (TPSA) is 13.1 Å². The van der Waals surface area contributed by atoms with E-state index in [4.69, 9.17) is 4.42 Å². The monoisotopic (exact) mass is 381 g/mol. The third-order valence-electron chi connectivity index (χ3n) is 4.37. The number of rotatable bonds is 1. The molecule has 5 rings (SSSR count). The number of hydrogen-bond donors (Lipinski definition) is 0. The maximum absolute atomic E-state index is 5.12. The molecule has 1 aromatic heterocycles. The van der Waals surface area contributed by atoms with E-state index in [1.54, 1.807) is 6.26 Å². The molecule has 0 atom stereocenters. The quantitative estimate of drug-likeness (QED) is 0.256. The summed E-state index contributed by atoms with van der Waals surface area (Å²) in [7, 11) is 0. The van der Waals surface area contributed by atoms with Crippen LogP contribution in [-0.2, 0) is 32.7 Å². The predicted octanol–water partition coefficient (Wildman–Crippen LogP) is 6.00. The number of hydrogen-bond acceptors (Lipinski definition) is 1. The van der Waals surface area contributed by atoms with Crippen molar-refractivity contribution in [3.05, 3.63) is 85.3 Å². The van der Waals surface area contributed by atoms with Gasteiger partial charge in [-0.05, 0) is 46.2 Å². The maximum atomic E-state index is 5.12. The second-order valence-electron chi connectivity index (χ2n) is 5.77. The summed E-state index contributed by atoms with van der Waals surface area (Å²) in [6, 6.07) is 26.8. The van der Waals surface area contributed by atoms with Crippen molar-refractivity contribution in [1.29, 1.82) is 0 Å². The van der Waals surface area contributed by atoms with Crippen molar-refractivity contribution < 1.29 is 37.1 Å². The van der Waals surface area contributed by atoms with Gasteiger partial charge in [-0.1, -0.05) is 36.4 Å². The van der Waals surface area contributed by atoms with Gasteiger partial charge in [0.05, 0.1) is 0 Å². The molecule has 2 heteroatoms. The minimum Gasteiger partial charge on any atom is -0.576 e. The van der Waals surface area contributed by atoms with E-state index in [0.717, 1.165) is 11.1 Å². The molecular formula is C22H12OY-2. The van der Waals surface area contributed by atoms with Crippen molar-refractivity contribution in [2.45, 2.75) is 0 Å². The Morgan fingerprint density at radius 3 is 2.12 bits per heavy atom. The second-order valence-corrected chi connectivity index (χ2v) is 5.77. The molecule has 0 aliphatic rings. The van der Waals surface area contributed by atoms with Gasteiger partial charge >= 0.3 is 0 Å². The Bertz CT molecular complexity index is 1160. The van der Waals surface area contributed by atoms with Crippen LogP contribution in [0.4, 0.5) is 0 Å². The Hall–Kier alpha value is -1.96. The fraction of sp³-hybridized carbons (Fsp3) is 0. The van der Waals surface area contributed by atoms with Gasteiger partial charge in [0.25, 0.3) is 0 Å². The minimum absolute atomic E-state index is 0. The summed E-state index contributed by atoms with van der Waals surface area (Å²) in [5.41, 5.74) is 1.97. The average Bonchev–Trinajstić information content (AvgIpc) is 3.12. The van der Waals surface area contributed by atoms with E-state index in [1.165, 1.54) is 32.3 Å². The molecule has 0 N–H and O–H groups in total. The van der Waals surface area contributed by atoms with Crippen LogP contribution in [0.1, 0.15) is 0 Å². The molecule has 0 aliphatic carbocycles. The first-order valence-electron chi connectivity index (χ1n) is 7.61. The van der Waals surface area contributed by atoms with Gasteiger partial charge in [0.2, 0.25) is 0 Å². The first-order valence-corrected chi connectivity index (χ1v) is 7.61. The Morgan fingerprint density at radius 2 is 1.42 bits per heavy atom. The number of fused-ring (bicyclic) bond motifs is 3. The van der Waals surface area contributed by atoms with Gasteiger partial charge < -0.3 is 4.42 Å². The number of benzene rings is 4. The van der Waals surface area contributed by atoms with Crippen molar-refractivity contribution in [2.75, 3.05) is 0 Å². The van der Waals surface area contributed by atoms with E-state index in [9.17, 15) is 0 Å². The Balaban J connectivity index is 0.00000146. The van der Waals surface area contributed by atoms with Crippen LogP contribution in [-0.4, -0.2) is 0 Å². The van der Waals surface area contributed by atoms with Crippen LogP contribution in [0.5, 0.6) is 0 Å². The van der Waals surface area contributed by atoms with Crippen molar-refractivity contribution in [2.24, 2.45) is 0 Å². The van der Waals surface area contributed by atoms with Crippen molar-refractivity contribution in [1.82, 2.24) is 0 Å². The fourth-order valence-corrected chi connectivity index (χ4v) is 3.25. The molecule has 1 radical (unpaired) electrons. The predicted molar refractivity (Wildman–Crippen MR) is 94.3 cm³/mol. The van der Waals surface area contributed by atoms with Gasteiger partial charge in [0.1, 0.15) is 0 Å². The Labute approximate surface area is 165 Å². The normalized spacial score (nSPS) is 11.0. The van der Waals surface area contributed by atoms with E-state index >= 15 is 0 Å². The maximum Gasteiger partial charge on any atom is 0 e. The zero-order valence-electron chi connectivity index (χ0n) is 12.9. The molecule has 0 amide bonds. The van der Waals surface area contributed by atoms with Gasteiger partial charge in [-0.2, -0.15) is 23.8 Å². The molecule has 1 nitrogen and oxygen atoms in total. The van der Waals surface area contributed by atoms with Gasteiger partial charge in [0, 0.05) is 32.7 Å². The molecular weight excluding hydrogens is 369 g/mol. The molecule has 24 heavy (non-hydrogen) atoms. The first kappa shape index (κ1) is 15.6. The summed E-state index contributed by atoms with van der Waals surface area (Å²) in [4.78, 5) is 0. The summed E-state index contributed by atoms with van der Waals surface area (Å²) in [6.07, 6.45) is 4.57. The molecule has 1 heterocycles. The summed E-state index contributed by atoms with van der Waals surface area (Å²) >= 11 is 0. The second kappa shape index (κ2) is 6.16. The molecule has 0 fully saturated rings. The van der Waals surface area contributed by atoms with Gasteiger partial charge in [-0.25, -0.2) is 5.56 Å². The Morgan fingerprint density at radius 1 is 0.708 bits per heavy atom. The summed E-state index contributed by atoms with van der Waals surface area (Å²) in [5.74, 6) is 0. The smallest absolute Gasteiger partial charge is 0 e. The van der Waals surface area contributed by atoms with E-state index in [0.29, 0.717) is 0 Å². The minimum atomic E-state index is 0. The van der Waals surface area contributed by atoms with E-state index < -0.39 is 0 Å². The van der Waals surface area contributed by atoms with Crippen molar-refractivity contribution in [3.63, 3.8) is 0 Å². The molecule has 0 saturated heterocycles. The fourth-order valence-electron chi connectivity index (χ4n) is 3.25. The Kier molecular flexibility index (Phi) is 4.00. The van der Waals surface area contributed by atoms with Crippen LogP contribution in [0.2, 0.25) is 0 Å². The zero-order chi connectivity index (χ0) is 15.2. The molecule has 111 valence electrons. The van der Waals surface area contributed by atoms with Crippen LogP contribution in [0.3, 0.4) is 0 Å². The third-order valence-corrected chi connectivity index (χ3v) is 4.37.